The molecular formula is C14H14BrClN2O. The highest BCUT2D eigenvalue weighted by Crippen LogP contribution is 2.19. The Kier molecular flexibility index (Phi) is 4.32. The fraction of sp³-hybridized carbons (Fsp3) is 0.214. The minimum atomic E-state index is -0.0508. The van der Waals surface area contributed by atoms with Gasteiger partial charge in [0, 0.05) is 31.3 Å². The highest BCUT2D eigenvalue weighted by atomic mass is 79.9. The molecule has 0 aliphatic heterocycles. The van der Waals surface area contributed by atoms with E-state index in [-0.39, 0.29) is 5.91 Å². The molecule has 0 fully saturated rings. The summed E-state index contributed by atoms with van der Waals surface area (Å²) < 4.78 is 2.74. The Morgan fingerprint density at radius 1 is 1.42 bits per heavy atom. The van der Waals surface area contributed by atoms with E-state index in [4.69, 9.17) is 11.6 Å². The summed E-state index contributed by atoms with van der Waals surface area (Å²) in [6.07, 6.45) is 1.72. The number of carbonyl (C=O) groups is 1. The fourth-order valence-corrected chi connectivity index (χ4v) is 2.55. The van der Waals surface area contributed by atoms with Gasteiger partial charge in [0.1, 0.15) is 5.69 Å². The maximum atomic E-state index is 12.3. The van der Waals surface area contributed by atoms with Crippen molar-refractivity contribution >= 4 is 33.4 Å². The van der Waals surface area contributed by atoms with Crippen LogP contribution in [0, 0.1) is 0 Å². The van der Waals surface area contributed by atoms with Gasteiger partial charge >= 0.3 is 0 Å². The number of amides is 1. The van der Waals surface area contributed by atoms with E-state index in [1.807, 2.05) is 31.3 Å². The lowest BCUT2D eigenvalue weighted by Crippen LogP contribution is -2.27. The minimum absolute atomic E-state index is 0.0508. The first-order valence-corrected chi connectivity index (χ1v) is 6.97. The highest BCUT2D eigenvalue weighted by Gasteiger charge is 2.16. The summed E-state index contributed by atoms with van der Waals surface area (Å²) >= 11 is 9.39. The molecule has 0 atom stereocenters. The van der Waals surface area contributed by atoms with Gasteiger partial charge in [0.05, 0.1) is 5.02 Å². The van der Waals surface area contributed by atoms with Crippen LogP contribution in [0.15, 0.2) is 41.0 Å². The van der Waals surface area contributed by atoms with Crippen molar-refractivity contribution in [1.82, 2.24) is 9.47 Å². The van der Waals surface area contributed by atoms with Crippen LogP contribution in [-0.4, -0.2) is 22.4 Å². The first-order valence-electron chi connectivity index (χ1n) is 5.80. The van der Waals surface area contributed by atoms with E-state index < -0.39 is 0 Å². The second kappa shape index (κ2) is 5.80. The Balaban J connectivity index is 2.16. The quantitative estimate of drug-likeness (QED) is 0.835. The van der Waals surface area contributed by atoms with Crippen molar-refractivity contribution in [2.75, 3.05) is 7.05 Å². The third-order valence-corrected chi connectivity index (χ3v) is 3.88. The predicted octanol–water partition coefficient (Wildman–Crippen LogP) is 3.71. The molecule has 0 N–H and O–H groups in total. The Bertz CT molecular complexity index is 609. The Morgan fingerprint density at radius 3 is 2.68 bits per heavy atom. The van der Waals surface area contributed by atoms with E-state index >= 15 is 0 Å². The average Bonchev–Trinajstić information content (AvgIpc) is 2.70. The molecule has 0 saturated heterocycles. The van der Waals surface area contributed by atoms with Gasteiger partial charge in [-0.05, 0) is 17.7 Å². The molecule has 0 aliphatic carbocycles. The molecular weight excluding hydrogens is 328 g/mol. The van der Waals surface area contributed by atoms with Gasteiger partial charge in [-0.15, -0.1) is 0 Å². The highest BCUT2D eigenvalue weighted by molar-refractivity contribution is 9.10. The molecule has 19 heavy (non-hydrogen) atoms. The molecule has 0 radical (unpaired) electrons. The van der Waals surface area contributed by atoms with Crippen LogP contribution < -0.4 is 0 Å². The zero-order valence-electron chi connectivity index (χ0n) is 10.7. The van der Waals surface area contributed by atoms with E-state index in [9.17, 15) is 4.79 Å². The number of nitrogens with zero attached hydrogens (tertiary/aromatic N) is 2. The van der Waals surface area contributed by atoms with Gasteiger partial charge in [-0.1, -0.05) is 45.7 Å². The molecule has 0 unspecified atom stereocenters. The number of benzene rings is 1. The summed E-state index contributed by atoms with van der Waals surface area (Å²) in [6.45, 7) is 0.545. The number of aromatic nitrogens is 1. The number of halogens is 2. The van der Waals surface area contributed by atoms with Gasteiger partial charge in [0.2, 0.25) is 0 Å². The molecule has 3 nitrogen and oxygen atoms in total. The molecule has 1 aromatic carbocycles. The second-order valence-corrected chi connectivity index (χ2v) is 5.70. The molecule has 1 aromatic heterocycles. The first kappa shape index (κ1) is 14.2. The van der Waals surface area contributed by atoms with Gasteiger partial charge in [-0.3, -0.25) is 4.79 Å². The van der Waals surface area contributed by atoms with Crippen LogP contribution in [0.2, 0.25) is 5.02 Å². The van der Waals surface area contributed by atoms with E-state index in [0.29, 0.717) is 17.3 Å². The van der Waals surface area contributed by atoms with Crippen molar-refractivity contribution in [3.63, 3.8) is 0 Å². The number of hydrogen-bond acceptors (Lipinski definition) is 1. The molecule has 0 spiro atoms. The van der Waals surface area contributed by atoms with E-state index in [1.54, 1.807) is 28.8 Å². The zero-order valence-corrected chi connectivity index (χ0v) is 13.1. The average molecular weight is 342 g/mol. The van der Waals surface area contributed by atoms with E-state index in [0.717, 1.165) is 10.0 Å². The maximum Gasteiger partial charge on any atom is 0.270 e. The van der Waals surface area contributed by atoms with Gasteiger partial charge in [-0.25, -0.2) is 0 Å². The maximum absolute atomic E-state index is 12.3. The fourth-order valence-electron chi connectivity index (χ4n) is 1.89. The zero-order chi connectivity index (χ0) is 14.0. The van der Waals surface area contributed by atoms with Crippen LogP contribution >= 0.6 is 27.5 Å². The first-order chi connectivity index (χ1) is 8.99. The van der Waals surface area contributed by atoms with Crippen molar-refractivity contribution in [2.24, 2.45) is 7.05 Å². The molecule has 1 amide bonds. The summed E-state index contributed by atoms with van der Waals surface area (Å²) in [5.41, 5.74) is 1.65. The molecule has 2 aromatic rings. The molecule has 0 saturated carbocycles. The van der Waals surface area contributed by atoms with Gasteiger partial charge < -0.3 is 9.47 Å². The second-order valence-electron chi connectivity index (χ2n) is 4.41. The Hall–Kier alpha value is -1.26. The predicted molar refractivity (Wildman–Crippen MR) is 80.4 cm³/mol. The van der Waals surface area contributed by atoms with Crippen LogP contribution in [0.3, 0.4) is 0 Å². The Labute approximate surface area is 125 Å². The molecule has 5 heteroatoms. The van der Waals surface area contributed by atoms with Crippen molar-refractivity contribution in [3.8, 4) is 0 Å². The van der Waals surface area contributed by atoms with Gasteiger partial charge in [0.25, 0.3) is 5.91 Å². The van der Waals surface area contributed by atoms with Crippen LogP contribution in [0.4, 0.5) is 0 Å². The lowest BCUT2D eigenvalue weighted by atomic mass is 10.2. The van der Waals surface area contributed by atoms with Crippen molar-refractivity contribution in [2.45, 2.75) is 6.54 Å². The summed E-state index contributed by atoms with van der Waals surface area (Å²) in [5.74, 6) is -0.0508. The van der Waals surface area contributed by atoms with Crippen LogP contribution in [0.5, 0.6) is 0 Å². The van der Waals surface area contributed by atoms with Crippen molar-refractivity contribution < 1.29 is 4.79 Å². The normalized spacial score (nSPS) is 10.5. The van der Waals surface area contributed by atoms with Crippen molar-refractivity contribution in [1.29, 1.82) is 0 Å². The van der Waals surface area contributed by atoms with E-state index in [2.05, 4.69) is 15.9 Å². The topological polar surface area (TPSA) is 25.2 Å². The standard InChI is InChI=1S/C14H14BrClN2O/c1-17-9-11(16)7-13(17)14(19)18(2)8-10-5-3-4-6-12(10)15/h3-7,9H,8H2,1-2H3. The molecule has 0 bridgehead atoms. The smallest absolute Gasteiger partial charge is 0.270 e. The van der Waals surface area contributed by atoms with Gasteiger partial charge in [-0.2, -0.15) is 0 Å². The van der Waals surface area contributed by atoms with Crippen LogP contribution in [0.25, 0.3) is 0 Å². The lowest BCUT2D eigenvalue weighted by molar-refractivity contribution is 0.0775. The van der Waals surface area contributed by atoms with Crippen LogP contribution in [0.1, 0.15) is 16.1 Å². The number of aryl methyl sites for hydroxylation is 1. The molecule has 1 heterocycles. The summed E-state index contributed by atoms with van der Waals surface area (Å²) in [4.78, 5) is 14.0. The number of carbonyl (C=O) groups excluding carboxylic acids is 1. The largest absolute Gasteiger partial charge is 0.345 e. The number of hydrogen-bond donors (Lipinski definition) is 0. The minimum Gasteiger partial charge on any atom is -0.345 e. The Morgan fingerprint density at radius 2 is 2.11 bits per heavy atom. The van der Waals surface area contributed by atoms with Gasteiger partial charge in [0.15, 0.2) is 0 Å². The third-order valence-electron chi connectivity index (χ3n) is 2.90. The molecule has 2 rings (SSSR count). The van der Waals surface area contributed by atoms with Crippen molar-refractivity contribution in [3.05, 3.63) is 57.3 Å². The van der Waals surface area contributed by atoms with Crippen LogP contribution in [-0.2, 0) is 13.6 Å². The monoisotopic (exact) mass is 340 g/mol. The SMILES string of the molecule is CN(Cc1ccccc1Br)C(=O)c1cc(Cl)cn1C. The summed E-state index contributed by atoms with van der Waals surface area (Å²) in [7, 11) is 3.59. The summed E-state index contributed by atoms with van der Waals surface area (Å²) in [5, 5.41) is 0.570. The summed E-state index contributed by atoms with van der Waals surface area (Å²) in [6, 6.07) is 9.55. The lowest BCUT2D eigenvalue weighted by Gasteiger charge is -2.18. The third kappa shape index (κ3) is 3.19. The number of rotatable bonds is 3. The molecule has 0 aliphatic rings. The van der Waals surface area contributed by atoms with E-state index in [1.165, 1.54) is 0 Å². The molecule has 100 valence electrons.